The summed E-state index contributed by atoms with van der Waals surface area (Å²) in [6, 6.07) is 9.78. The molecule has 7 heteroatoms. The van der Waals surface area contributed by atoms with Gasteiger partial charge in [-0.15, -0.1) is 0 Å². The van der Waals surface area contributed by atoms with Crippen LogP contribution in [0.4, 0.5) is 4.39 Å². The molecule has 5 nitrogen and oxygen atoms in total. The smallest absolute Gasteiger partial charge is 0.252 e. The van der Waals surface area contributed by atoms with E-state index in [1.54, 1.807) is 11.0 Å². The Morgan fingerprint density at radius 2 is 2.04 bits per heavy atom. The molecule has 2 heterocycles. The number of para-hydroxylation sites is 1. The summed E-state index contributed by atoms with van der Waals surface area (Å²) >= 11 is 6.18. The predicted octanol–water partition coefficient (Wildman–Crippen LogP) is 3.92. The van der Waals surface area contributed by atoms with Gasteiger partial charge in [0.15, 0.2) is 11.5 Å². The molecule has 4 rings (SSSR count). The number of benzene rings is 2. The van der Waals surface area contributed by atoms with Crippen LogP contribution in [0.25, 0.3) is 0 Å². The Kier molecular flexibility index (Phi) is 5.18. The first-order chi connectivity index (χ1) is 13.1. The highest BCUT2D eigenvalue weighted by atomic mass is 35.5. The third-order valence-corrected chi connectivity index (χ3v) is 5.08. The van der Waals surface area contributed by atoms with Crippen LogP contribution in [0.5, 0.6) is 11.5 Å². The molecule has 1 amide bonds. The summed E-state index contributed by atoms with van der Waals surface area (Å²) < 4.78 is 29.9. The van der Waals surface area contributed by atoms with E-state index in [1.165, 1.54) is 12.1 Å². The molecule has 0 N–H and O–H groups in total. The van der Waals surface area contributed by atoms with E-state index in [1.807, 2.05) is 18.2 Å². The van der Waals surface area contributed by atoms with Crippen molar-refractivity contribution in [1.29, 1.82) is 0 Å². The van der Waals surface area contributed by atoms with Gasteiger partial charge in [-0.2, -0.15) is 0 Å². The largest absolute Gasteiger partial charge is 0.454 e. The highest BCUT2D eigenvalue weighted by molar-refractivity contribution is 6.31. The highest BCUT2D eigenvalue weighted by Gasteiger charge is 2.30. The molecule has 2 aliphatic rings. The Bertz CT molecular complexity index is 854. The van der Waals surface area contributed by atoms with Crippen molar-refractivity contribution in [3.05, 3.63) is 58.4 Å². The number of rotatable bonds is 5. The molecular weight excluding hydrogens is 373 g/mol. The second-order valence-corrected chi connectivity index (χ2v) is 6.99. The molecule has 27 heavy (non-hydrogen) atoms. The number of nitrogens with zero attached hydrogens (tertiary/aromatic N) is 1. The van der Waals surface area contributed by atoms with E-state index in [4.69, 9.17) is 25.8 Å². The van der Waals surface area contributed by atoms with Crippen molar-refractivity contribution in [2.75, 3.05) is 13.4 Å². The van der Waals surface area contributed by atoms with E-state index in [0.29, 0.717) is 36.6 Å². The molecule has 1 fully saturated rings. The van der Waals surface area contributed by atoms with Crippen molar-refractivity contribution in [3.63, 3.8) is 0 Å². The quantitative estimate of drug-likeness (QED) is 0.775. The van der Waals surface area contributed by atoms with Gasteiger partial charge in [0.1, 0.15) is 11.9 Å². The lowest BCUT2D eigenvalue weighted by Crippen LogP contribution is -2.38. The molecule has 0 aliphatic carbocycles. The van der Waals surface area contributed by atoms with E-state index < -0.39 is 11.9 Å². The van der Waals surface area contributed by atoms with Crippen LogP contribution in [0.1, 0.15) is 24.0 Å². The summed E-state index contributed by atoms with van der Waals surface area (Å²) in [4.78, 5) is 14.7. The molecule has 1 saturated heterocycles. The summed E-state index contributed by atoms with van der Waals surface area (Å²) in [5, 5.41) is 0.290. The summed E-state index contributed by atoms with van der Waals surface area (Å²) in [5.41, 5.74) is 1.52. The van der Waals surface area contributed by atoms with Gasteiger partial charge in [-0.1, -0.05) is 29.8 Å². The zero-order valence-corrected chi connectivity index (χ0v) is 15.4. The van der Waals surface area contributed by atoms with Crippen LogP contribution in [0.2, 0.25) is 5.02 Å². The summed E-state index contributed by atoms with van der Waals surface area (Å²) in [5.74, 6) is 0.793. The minimum atomic E-state index is -0.460. The summed E-state index contributed by atoms with van der Waals surface area (Å²) in [7, 11) is 0. The molecule has 0 spiro atoms. The minimum absolute atomic E-state index is 0.107. The molecule has 142 valence electrons. The molecule has 2 aromatic carbocycles. The van der Waals surface area contributed by atoms with Gasteiger partial charge in [0, 0.05) is 30.3 Å². The first-order valence-electron chi connectivity index (χ1n) is 8.83. The van der Waals surface area contributed by atoms with Crippen LogP contribution in [0.15, 0.2) is 36.4 Å². The SMILES string of the molecule is O=C([C@@H]1CCCO1)N(Cc1ccc(F)cc1Cl)Cc1cccc2c1OCO2. The molecule has 0 saturated carbocycles. The topological polar surface area (TPSA) is 48.0 Å². The van der Waals surface area contributed by atoms with Gasteiger partial charge in [-0.25, -0.2) is 4.39 Å². The number of hydrogen-bond acceptors (Lipinski definition) is 4. The fourth-order valence-electron chi connectivity index (χ4n) is 3.36. The Balaban J connectivity index is 1.61. The second kappa shape index (κ2) is 7.74. The molecule has 1 atom stereocenters. The Hall–Kier alpha value is -2.31. The second-order valence-electron chi connectivity index (χ2n) is 6.58. The van der Waals surface area contributed by atoms with Gasteiger partial charge in [-0.05, 0) is 36.6 Å². The third kappa shape index (κ3) is 3.87. The number of amides is 1. The Labute approximate surface area is 161 Å². The normalized spacial score (nSPS) is 17.9. The first-order valence-corrected chi connectivity index (χ1v) is 9.21. The van der Waals surface area contributed by atoms with E-state index in [0.717, 1.165) is 12.0 Å². The molecular formula is C20H19ClFNO4. The number of carbonyl (C=O) groups is 1. The molecule has 0 unspecified atom stereocenters. The zero-order chi connectivity index (χ0) is 18.8. The van der Waals surface area contributed by atoms with Crippen molar-refractivity contribution in [3.8, 4) is 11.5 Å². The fourth-order valence-corrected chi connectivity index (χ4v) is 3.59. The van der Waals surface area contributed by atoms with Gasteiger partial charge in [-0.3, -0.25) is 4.79 Å². The lowest BCUT2D eigenvalue weighted by atomic mass is 10.1. The van der Waals surface area contributed by atoms with Crippen LogP contribution in [0, 0.1) is 5.82 Å². The number of halogens is 2. The number of carbonyl (C=O) groups excluding carboxylic acids is 1. The maximum absolute atomic E-state index is 13.4. The standard InChI is InChI=1S/C20H19ClFNO4/c21-16-9-15(22)7-6-13(16)10-23(20(24)18-5-2-8-25-18)11-14-3-1-4-17-19(14)27-12-26-17/h1,3-4,6-7,9,18H,2,5,8,10-12H2/t18-/m0/s1. The maximum Gasteiger partial charge on any atom is 0.252 e. The van der Waals surface area contributed by atoms with Crippen LogP contribution in [-0.2, 0) is 22.6 Å². The lowest BCUT2D eigenvalue weighted by Gasteiger charge is -2.26. The van der Waals surface area contributed by atoms with E-state index in [9.17, 15) is 9.18 Å². The zero-order valence-electron chi connectivity index (χ0n) is 14.6. The molecule has 0 bridgehead atoms. The molecule has 0 aromatic heterocycles. The summed E-state index contributed by atoms with van der Waals surface area (Å²) in [6.45, 7) is 1.32. The molecule has 0 radical (unpaired) electrons. The minimum Gasteiger partial charge on any atom is -0.454 e. The third-order valence-electron chi connectivity index (χ3n) is 4.73. The Morgan fingerprint density at radius 3 is 2.81 bits per heavy atom. The van der Waals surface area contributed by atoms with Crippen LogP contribution in [0.3, 0.4) is 0 Å². The predicted molar refractivity (Wildman–Crippen MR) is 97.2 cm³/mol. The van der Waals surface area contributed by atoms with Crippen molar-refractivity contribution in [2.45, 2.75) is 32.0 Å². The van der Waals surface area contributed by atoms with Crippen molar-refractivity contribution >= 4 is 17.5 Å². The number of fused-ring (bicyclic) bond motifs is 1. The number of ether oxygens (including phenoxy) is 3. The molecule has 2 aliphatic heterocycles. The van der Waals surface area contributed by atoms with Crippen LogP contribution >= 0.6 is 11.6 Å². The van der Waals surface area contributed by atoms with E-state index in [-0.39, 0.29) is 24.3 Å². The number of hydrogen-bond donors (Lipinski definition) is 0. The maximum atomic E-state index is 13.4. The first kappa shape index (κ1) is 18.1. The van der Waals surface area contributed by atoms with Gasteiger partial charge in [0.2, 0.25) is 6.79 Å². The Morgan fingerprint density at radius 1 is 1.19 bits per heavy atom. The van der Waals surface area contributed by atoms with Gasteiger partial charge >= 0.3 is 0 Å². The van der Waals surface area contributed by atoms with Crippen molar-refractivity contribution in [2.24, 2.45) is 0 Å². The lowest BCUT2D eigenvalue weighted by molar-refractivity contribution is -0.142. The van der Waals surface area contributed by atoms with Crippen molar-refractivity contribution in [1.82, 2.24) is 4.90 Å². The van der Waals surface area contributed by atoms with Gasteiger partial charge < -0.3 is 19.1 Å². The van der Waals surface area contributed by atoms with Gasteiger partial charge in [0.25, 0.3) is 5.91 Å². The average molecular weight is 392 g/mol. The monoisotopic (exact) mass is 391 g/mol. The van der Waals surface area contributed by atoms with Crippen molar-refractivity contribution < 1.29 is 23.4 Å². The average Bonchev–Trinajstić information content (AvgIpc) is 3.34. The fraction of sp³-hybridized carbons (Fsp3) is 0.350. The van der Waals surface area contributed by atoms with Gasteiger partial charge in [0.05, 0.1) is 0 Å². The van der Waals surface area contributed by atoms with Crippen LogP contribution < -0.4 is 9.47 Å². The van der Waals surface area contributed by atoms with E-state index >= 15 is 0 Å². The van der Waals surface area contributed by atoms with Crippen LogP contribution in [-0.4, -0.2) is 30.3 Å². The van der Waals surface area contributed by atoms with E-state index in [2.05, 4.69) is 0 Å². The highest BCUT2D eigenvalue weighted by Crippen LogP contribution is 2.36. The summed E-state index contributed by atoms with van der Waals surface area (Å²) in [6.07, 6.45) is 1.09. The molecule has 2 aromatic rings.